The maximum atomic E-state index is 6.42. The van der Waals surface area contributed by atoms with Crippen LogP contribution in [-0.4, -0.2) is 59.2 Å². The highest BCUT2D eigenvalue weighted by Gasteiger charge is 2.39. The van der Waals surface area contributed by atoms with E-state index in [-0.39, 0.29) is 0 Å². The zero-order chi connectivity index (χ0) is 42.9. The van der Waals surface area contributed by atoms with E-state index in [4.69, 9.17) is 24.9 Å². The molecular formula is C52H111ClNO3Si+. The number of rotatable bonds is 48. The molecule has 0 aromatic rings. The predicted molar refractivity (Wildman–Crippen MR) is 265 cm³/mol. The van der Waals surface area contributed by atoms with Crippen molar-refractivity contribution in [3.05, 3.63) is 0 Å². The average Bonchev–Trinajstić information content (AvgIpc) is 3.22. The molecule has 0 aliphatic carbocycles. The minimum absolute atomic E-state index is 0.683. The number of nitrogens with zero attached hydrogens (tertiary/aromatic N) is 1. The van der Waals surface area contributed by atoms with Crippen LogP contribution in [0.2, 0.25) is 6.04 Å². The van der Waals surface area contributed by atoms with Gasteiger partial charge in [0.05, 0.1) is 20.1 Å². The summed E-state index contributed by atoms with van der Waals surface area (Å²) in [5.41, 5.74) is 0. The highest BCUT2D eigenvalue weighted by atomic mass is 35.5. The van der Waals surface area contributed by atoms with Gasteiger partial charge in [0.1, 0.15) is 0 Å². The fraction of sp³-hybridized carbons (Fsp3) is 1.00. The number of alkyl halides is 1. The first kappa shape index (κ1) is 60.4. The molecule has 0 rings (SSSR count). The van der Waals surface area contributed by atoms with Crippen molar-refractivity contribution in [1.82, 2.24) is 0 Å². The van der Waals surface area contributed by atoms with Gasteiger partial charge in [0.25, 0.3) is 0 Å². The van der Waals surface area contributed by atoms with Crippen LogP contribution in [0, 0.1) is 0 Å². The molecule has 4 nitrogen and oxygen atoms in total. The molecule has 352 valence electrons. The van der Waals surface area contributed by atoms with Crippen LogP contribution in [-0.2, 0) is 13.3 Å². The molecule has 0 aromatic carbocycles. The third-order valence-corrected chi connectivity index (χ3v) is 16.0. The first-order valence-electron chi connectivity index (χ1n) is 26.7. The summed E-state index contributed by atoms with van der Waals surface area (Å²) in [6.45, 7) is 17.5. The Morgan fingerprint density at radius 3 is 0.724 bits per heavy atom. The van der Waals surface area contributed by atoms with E-state index >= 15 is 0 Å². The maximum Gasteiger partial charge on any atom is 0.500 e. The molecule has 0 fully saturated rings. The van der Waals surface area contributed by atoms with Crippen molar-refractivity contribution >= 4 is 20.4 Å². The van der Waals surface area contributed by atoms with Crippen LogP contribution in [0.15, 0.2) is 0 Å². The zero-order valence-corrected chi connectivity index (χ0v) is 43.1. The molecule has 58 heavy (non-hydrogen) atoms. The second kappa shape index (κ2) is 50.0. The third-order valence-electron chi connectivity index (χ3n) is 12.3. The van der Waals surface area contributed by atoms with E-state index in [0.717, 1.165) is 23.0 Å². The molecule has 6 heteroatoms. The van der Waals surface area contributed by atoms with Crippen molar-refractivity contribution in [3.8, 4) is 0 Å². The summed E-state index contributed by atoms with van der Waals surface area (Å²) in [7, 11) is 0.0283. The molecule has 0 bridgehead atoms. The van der Waals surface area contributed by atoms with Crippen molar-refractivity contribution in [2.75, 3.05) is 46.0 Å². The lowest BCUT2D eigenvalue weighted by molar-refractivity contribution is -0.899. The van der Waals surface area contributed by atoms with Gasteiger partial charge < -0.3 is 17.8 Å². The maximum absolute atomic E-state index is 6.42. The summed E-state index contributed by atoms with van der Waals surface area (Å²) >= 11 is 6.42. The minimum atomic E-state index is -2.36. The monoisotopic (exact) mass is 861 g/mol. The van der Waals surface area contributed by atoms with Crippen LogP contribution < -0.4 is 0 Å². The topological polar surface area (TPSA) is 27.7 Å². The predicted octanol–water partition coefficient (Wildman–Crippen LogP) is 18.5. The SMILES string of the molecule is CCCCCCCCCCCCCCCCCC[N+](C)(CCl)CCCCCCCCCCCCCCCCCC.CCCCCCCC[Si](OCC)(OCC)OCC. The second-order valence-electron chi connectivity index (χ2n) is 18.3. The Balaban J connectivity index is 0. The van der Waals surface area contributed by atoms with E-state index in [1.807, 2.05) is 20.8 Å². The van der Waals surface area contributed by atoms with Gasteiger partial charge in [0.2, 0.25) is 0 Å². The lowest BCUT2D eigenvalue weighted by atomic mass is 10.0. The average molecular weight is 862 g/mol. The van der Waals surface area contributed by atoms with Crippen molar-refractivity contribution in [3.63, 3.8) is 0 Å². The normalized spacial score (nSPS) is 12.0. The molecule has 0 N–H and O–H groups in total. The summed E-state index contributed by atoms with van der Waals surface area (Å²) in [6.07, 6.45) is 54.0. The van der Waals surface area contributed by atoms with E-state index in [1.54, 1.807) is 0 Å². The van der Waals surface area contributed by atoms with Gasteiger partial charge in [-0.05, 0) is 52.9 Å². The molecule has 0 aliphatic heterocycles. The lowest BCUT2D eigenvalue weighted by Gasteiger charge is -2.32. The summed E-state index contributed by atoms with van der Waals surface area (Å²) in [4.78, 5) is 0. The van der Waals surface area contributed by atoms with E-state index in [0.29, 0.717) is 19.8 Å². The van der Waals surface area contributed by atoms with E-state index in [2.05, 4.69) is 27.8 Å². The molecule has 0 saturated carbocycles. The molecule has 0 amide bonds. The molecular weight excluding hydrogens is 750 g/mol. The summed E-state index contributed by atoms with van der Waals surface area (Å²) in [5.74, 6) is 0. The molecule has 0 aliphatic rings. The molecule has 0 spiro atoms. The first-order chi connectivity index (χ1) is 28.4. The van der Waals surface area contributed by atoms with Crippen LogP contribution in [0.5, 0.6) is 0 Å². The van der Waals surface area contributed by atoms with Gasteiger partial charge in [0.15, 0.2) is 6.00 Å². The minimum Gasteiger partial charge on any atom is -0.374 e. The summed E-state index contributed by atoms with van der Waals surface area (Å²) < 4.78 is 18.6. The Hall–Kier alpha value is 0.347. The van der Waals surface area contributed by atoms with Crippen LogP contribution >= 0.6 is 11.6 Å². The van der Waals surface area contributed by atoms with Gasteiger partial charge >= 0.3 is 8.80 Å². The number of hydrogen-bond donors (Lipinski definition) is 0. The van der Waals surface area contributed by atoms with Crippen molar-refractivity contribution in [1.29, 1.82) is 0 Å². The van der Waals surface area contributed by atoms with E-state index < -0.39 is 8.80 Å². The largest absolute Gasteiger partial charge is 0.500 e. The molecule has 0 saturated heterocycles. The lowest BCUT2D eigenvalue weighted by Crippen LogP contribution is -2.45. The summed E-state index contributed by atoms with van der Waals surface area (Å²) in [5, 5.41) is 0. The van der Waals surface area contributed by atoms with Crippen LogP contribution in [0.1, 0.15) is 286 Å². The molecule has 0 atom stereocenters. The van der Waals surface area contributed by atoms with Gasteiger partial charge in [-0.1, -0.05) is 244 Å². The second-order valence-corrected chi connectivity index (χ2v) is 21.3. The Morgan fingerprint density at radius 2 is 0.517 bits per heavy atom. The van der Waals surface area contributed by atoms with Gasteiger partial charge in [-0.3, -0.25) is 0 Å². The van der Waals surface area contributed by atoms with E-state index in [1.165, 1.54) is 251 Å². The number of unbranched alkanes of at least 4 members (excludes halogenated alkanes) is 35. The quantitative estimate of drug-likeness (QED) is 0.0201. The van der Waals surface area contributed by atoms with Crippen molar-refractivity contribution in [2.24, 2.45) is 0 Å². The Morgan fingerprint density at radius 1 is 0.310 bits per heavy atom. The number of hydrogen-bond acceptors (Lipinski definition) is 3. The fourth-order valence-electron chi connectivity index (χ4n) is 8.44. The zero-order valence-electron chi connectivity index (χ0n) is 41.4. The molecule has 0 unspecified atom stereocenters. The first-order valence-corrected chi connectivity index (χ1v) is 29.2. The Labute approximate surface area is 374 Å². The molecule has 0 heterocycles. The molecule has 0 radical (unpaired) electrons. The number of quaternary nitrogens is 1. The van der Waals surface area contributed by atoms with Gasteiger partial charge in [-0.2, -0.15) is 0 Å². The fourth-order valence-corrected chi connectivity index (χ4v) is 11.4. The Bertz CT molecular complexity index is 690. The smallest absolute Gasteiger partial charge is 0.374 e. The standard InChI is InChI=1S/C38H79ClN.C14H32O3Si/c1-4-6-8-10-12-14-16-18-20-22-24-26-28-30-32-34-36-40(3,38-39)37-35-33-31-29-27-25-23-21-19-17-15-13-11-9-7-5-2;1-5-9-10-11-12-13-14-18(15-6-2,16-7-3)17-8-4/h4-38H2,1-3H3;5-14H2,1-4H3/q+1;. The third kappa shape index (κ3) is 44.4. The molecule has 0 aromatic heterocycles. The van der Waals surface area contributed by atoms with Crippen molar-refractivity contribution in [2.45, 2.75) is 292 Å². The Kier molecular flexibility index (Phi) is 52.1. The van der Waals surface area contributed by atoms with Gasteiger partial charge in [-0.25, -0.2) is 0 Å². The number of halogens is 1. The van der Waals surface area contributed by atoms with Crippen molar-refractivity contribution < 1.29 is 17.8 Å². The van der Waals surface area contributed by atoms with Gasteiger partial charge in [0, 0.05) is 25.9 Å². The van der Waals surface area contributed by atoms with E-state index in [9.17, 15) is 0 Å². The van der Waals surface area contributed by atoms with Gasteiger partial charge in [-0.15, -0.1) is 0 Å². The highest BCUT2D eigenvalue weighted by molar-refractivity contribution is 6.60. The van der Waals surface area contributed by atoms with Crippen LogP contribution in [0.4, 0.5) is 0 Å². The van der Waals surface area contributed by atoms with Crippen LogP contribution in [0.25, 0.3) is 0 Å². The van der Waals surface area contributed by atoms with Crippen LogP contribution in [0.3, 0.4) is 0 Å². The highest BCUT2D eigenvalue weighted by Crippen LogP contribution is 2.21. The summed E-state index contributed by atoms with van der Waals surface area (Å²) in [6, 6.07) is 1.76.